The molecule has 0 aromatic rings. The van der Waals surface area contributed by atoms with Crippen molar-refractivity contribution in [2.24, 2.45) is 35.0 Å². The molecule has 0 radical (unpaired) electrons. The van der Waals surface area contributed by atoms with Gasteiger partial charge in [0.2, 0.25) is 0 Å². The minimum atomic E-state index is -0.379. The van der Waals surface area contributed by atoms with Gasteiger partial charge in [-0.3, -0.25) is 4.79 Å². The van der Waals surface area contributed by atoms with Gasteiger partial charge in [-0.05, 0) is 95.3 Å². The average molecular weight is 435 g/mol. The topological polar surface area (TPSA) is 57.5 Å². The van der Waals surface area contributed by atoms with Gasteiger partial charge in [0.15, 0.2) is 0 Å². The Morgan fingerprint density at radius 1 is 1.33 bits per heavy atom. The molecule has 30 heavy (non-hydrogen) atoms. The molecule has 4 heteroatoms. The van der Waals surface area contributed by atoms with Crippen LogP contribution in [0.2, 0.25) is 0 Å². The number of aliphatic hydroxyl groups is 2. The summed E-state index contributed by atoms with van der Waals surface area (Å²) >= 11 is 4.51. The number of hydrogen-bond acceptors (Lipinski definition) is 4. The standard InChI is InChI=1S/C26H42O3S/c1-16(18(3)30)5-6-17(2)21-9-10-22(23(21)12-14-27)24-8-7-19-15-20(28)11-13-26(19,4)25(24)29/h7,17-18,20-24,27-28,30H,1,5-6,8-15H2,2-4H3/t17-,18?,20+,21?,22?,23-,24+,26+/m1/s1. The monoisotopic (exact) mass is 434 g/mol. The van der Waals surface area contributed by atoms with Crippen molar-refractivity contribution in [2.45, 2.75) is 89.9 Å². The number of aliphatic hydroxyl groups excluding tert-OH is 2. The molecule has 2 fully saturated rings. The lowest BCUT2D eigenvalue weighted by atomic mass is 9.58. The molecule has 3 nitrogen and oxygen atoms in total. The van der Waals surface area contributed by atoms with E-state index in [9.17, 15) is 15.0 Å². The number of thiol groups is 1. The van der Waals surface area contributed by atoms with E-state index in [0.29, 0.717) is 35.9 Å². The number of rotatable bonds is 8. The summed E-state index contributed by atoms with van der Waals surface area (Å²) in [7, 11) is 0. The first-order valence-corrected chi connectivity index (χ1v) is 12.6. The van der Waals surface area contributed by atoms with E-state index in [-0.39, 0.29) is 29.3 Å². The van der Waals surface area contributed by atoms with Gasteiger partial charge in [0, 0.05) is 23.2 Å². The highest BCUT2D eigenvalue weighted by atomic mass is 32.1. The van der Waals surface area contributed by atoms with Gasteiger partial charge in [0.05, 0.1) is 6.10 Å². The number of allylic oxidation sites excluding steroid dienone is 1. The van der Waals surface area contributed by atoms with Gasteiger partial charge in [0.1, 0.15) is 5.78 Å². The summed E-state index contributed by atoms with van der Waals surface area (Å²) in [6.07, 6.45) is 10.2. The van der Waals surface area contributed by atoms with Gasteiger partial charge in [-0.2, -0.15) is 12.6 Å². The quantitative estimate of drug-likeness (QED) is 0.356. The van der Waals surface area contributed by atoms with Crippen molar-refractivity contribution in [3.8, 4) is 0 Å². The maximum Gasteiger partial charge on any atom is 0.146 e. The van der Waals surface area contributed by atoms with E-state index < -0.39 is 0 Å². The van der Waals surface area contributed by atoms with Gasteiger partial charge >= 0.3 is 0 Å². The van der Waals surface area contributed by atoms with Crippen LogP contribution in [0.25, 0.3) is 0 Å². The van der Waals surface area contributed by atoms with Crippen LogP contribution >= 0.6 is 12.6 Å². The molecule has 0 bridgehead atoms. The summed E-state index contributed by atoms with van der Waals surface area (Å²) in [5.41, 5.74) is 1.99. The smallest absolute Gasteiger partial charge is 0.146 e. The van der Waals surface area contributed by atoms with Crippen molar-refractivity contribution in [1.29, 1.82) is 0 Å². The van der Waals surface area contributed by atoms with Crippen molar-refractivity contribution in [2.75, 3.05) is 6.61 Å². The predicted molar refractivity (Wildman–Crippen MR) is 127 cm³/mol. The number of Topliss-reactive ketones (excluding diaryl/α,β-unsaturated/α-hetero) is 1. The molecule has 3 aliphatic rings. The molecule has 3 rings (SSSR count). The fraction of sp³-hybridized carbons (Fsp3) is 0.808. The van der Waals surface area contributed by atoms with E-state index in [1.165, 1.54) is 11.1 Å². The number of carbonyl (C=O) groups excluding carboxylic acids is 1. The summed E-state index contributed by atoms with van der Waals surface area (Å²) in [5, 5.41) is 20.1. The maximum atomic E-state index is 13.7. The Labute approximate surface area is 188 Å². The first kappa shape index (κ1) is 24.1. The third kappa shape index (κ3) is 4.76. The maximum absolute atomic E-state index is 13.7. The fourth-order valence-corrected chi connectivity index (χ4v) is 6.82. The summed E-state index contributed by atoms with van der Waals surface area (Å²) in [4.78, 5) is 13.7. The molecular formula is C26H42O3S. The number of fused-ring (bicyclic) bond motifs is 1. The highest BCUT2D eigenvalue weighted by Crippen LogP contribution is 2.54. The lowest BCUT2D eigenvalue weighted by Crippen LogP contribution is -2.45. The van der Waals surface area contributed by atoms with Crippen molar-refractivity contribution >= 4 is 18.4 Å². The molecule has 170 valence electrons. The predicted octanol–water partition coefficient (Wildman–Crippen LogP) is 5.37. The molecule has 0 saturated heterocycles. The molecule has 2 saturated carbocycles. The first-order chi connectivity index (χ1) is 14.2. The molecule has 0 aromatic heterocycles. The van der Waals surface area contributed by atoms with Crippen molar-refractivity contribution < 1.29 is 15.0 Å². The van der Waals surface area contributed by atoms with E-state index in [1.807, 2.05) is 0 Å². The van der Waals surface area contributed by atoms with Crippen molar-refractivity contribution in [3.05, 3.63) is 23.8 Å². The van der Waals surface area contributed by atoms with Gasteiger partial charge in [-0.25, -0.2) is 0 Å². The second-order valence-electron chi connectivity index (χ2n) is 10.6. The Morgan fingerprint density at radius 2 is 2.07 bits per heavy atom. The summed E-state index contributed by atoms with van der Waals surface area (Å²) in [6, 6.07) is 0. The number of carbonyl (C=O) groups is 1. The van der Waals surface area contributed by atoms with E-state index in [0.717, 1.165) is 51.4 Å². The van der Waals surface area contributed by atoms with Crippen LogP contribution < -0.4 is 0 Å². The minimum Gasteiger partial charge on any atom is -0.396 e. The Bertz CT molecular complexity index is 669. The average Bonchev–Trinajstić information content (AvgIpc) is 3.11. The molecule has 0 amide bonds. The van der Waals surface area contributed by atoms with Crippen LogP contribution in [0.3, 0.4) is 0 Å². The van der Waals surface area contributed by atoms with E-state index >= 15 is 0 Å². The first-order valence-electron chi connectivity index (χ1n) is 12.1. The Morgan fingerprint density at radius 3 is 2.73 bits per heavy atom. The van der Waals surface area contributed by atoms with Crippen LogP contribution in [0.5, 0.6) is 0 Å². The zero-order valence-corrected chi connectivity index (χ0v) is 20.0. The highest BCUT2D eigenvalue weighted by molar-refractivity contribution is 7.81. The lowest BCUT2D eigenvalue weighted by molar-refractivity contribution is -0.135. The molecule has 0 aromatic carbocycles. The Hall–Kier alpha value is -0.580. The second kappa shape index (κ2) is 9.92. The second-order valence-corrected chi connectivity index (χ2v) is 11.4. The van der Waals surface area contributed by atoms with Gasteiger partial charge < -0.3 is 10.2 Å². The SMILES string of the molecule is C=C(CC[C@@H](C)C1CCC([C@@H]2CC=C3C[C@@H](O)CC[C@]3(C)C2=O)[C@@H]1CCO)C(C)S. The Kier molecular flexibility index (Phi) is 7.96. The normalized spacial score (nSPS) is 38.7. The molecule has 8 atom stereocenters. The fourth-order valence-electron chi connectivity index (χ4n) is 6.69. The largest absolute Gasteiger partial charge is 0.396 e. The third-order valence-electron chi connectivity index (χ3n) is 8.80. The van der Waals surface area contributed by atoms with Gasteiger partial charge in [0.25, 0.3) is 0 Å². The molecule has 0 aliphatic heterocycles. The molecule has 3 aliphatic carbocycles. The summed E-state index contributed by atoms with van der Waals surface area (Å²) < 4.78 is 0. The van der Waals surface area contributed by atoms with Crippen LogP contribution in [0.4, 0.5) is 0 Å². The third-order valence-corrected chi connectivity index (χ3v) is 9.16. The lowest BCUT2D eigenvalue weighted by Gasteiger charge is -2.45. The van der Waals surface area contributed by atoms with Crippen LogP contribution in [0, 0.1) is 35.0 Å². The Balaban J connectivity index is 1.73. The van der Waals surface area contributed by atoms with Crippen LogP contribution in [0.15, 0.2) is 23.8 Å². The van der Waals surface area contributed by atoms with E-state index in [4.69, 9.17) is 0 Å². The van der Waals surface area contributed by atoms with Gasteiger partial charge in [-0.15, -0.1) is 0 Å². The van der Waals surface area contributed by atoms with Crippen LogP contribution in [-0.2, 0) is 4.79 Å². The summed E-state index contributed by atoms with van der Waals surface area (Å²) in [6.45, 7) is 10.9. The van der Waals surface area contributed by atoms with Crippen molar-refractivity contribution in [1.82, 2.24) is 0 Å². The van der Waals surface area contributed by atoms with E-state index in [2.05, 4.69) is 46.1 Å². The molecular weight excluding hydrogens is 392 g/mol. The number of hydrogen-bond donors (Lipinski definition) is 3. The van der Waals surface area contributed by atoms with Crippen molar-refractivity contribution in [3.63, 3.8) is 0 Å². The number of ketones is 1. The molecule has 0 spiro atoms. The van der Waals surface area contributed by atoms with E-state index in [1.54, 1.807) is 0 Å². The zero-order chi connectivity index (χ0) is 22.1. The molecule has 0 heterocycles. The van der Waals surface area contributed by atoms with Crippen LogP contribution in [0.1, 0.15) is 78.6 Å². The highest BCUT2D eigenvalue weighted by Gasteiger charge is 2.51. The molecule has 2 N–H and O–H groups in total. The summed E-state index contributed by atoms with van der Waals surface area (Å²) in [5.74, 6) is 2.43. The molecule has 3 unspecified atom stereocenters. The van der Waals surface area contributed by atoms with Crippen LogP contribution in [-0.4, -0.2) is 34.0 Å². The van der Waals surface area contributed by atoms with Gasteiger partial charge in [-0.1, -0.05) is 30.7 Å². The zero-order valence-electron chi connectivity index (χ0n) is 19.1. The minimum absolute atomic E-state index is 0.0789.